The fourth-order valence-electron chi connectivity index (χ4n) is 2.65. The van der Waals surface area contributed by atoms with Gasteiger partial charge in [0.15, 0.2) is 0 Å². The molecule has 2 aliphatic rings. The fraction of sp³-hybridized carbons (Fsp3) is 1.00. The topological polar surface area (TPSA) is 30.5 Å². The molecule has 0 spiro atoms. The molecule has 0 amide bonds. The number of rotatable bonds is 3. The molecule has 2 fully saturated rings. The zero-order valence-corrected chi connectivity index (χ0v) is 10.7. The normalized spacial score (nSPS) is 34.1. The Morgan fingerprint density at radius 3 is 2.94 bits per heavy atom. The van der Waals surface area contributed by atoms with Gasteiger partial charge in [-0.15, -0.1) is 0 Å². The van der Waals surface area contributed by atoms with E-state index in [1.807, 2.05) is 0 Å². The number of hydrogen-bond donors (Lipinski definition) is 2. The van der Waals surface area contributed by atoms with Gasteiger partial charge in [-0.05, 0) is 33.5 Å². The van der Waals surface area contributed by atoms with Crippen molar-refractivity contribution in [2.45, 2.75) is 24.9 Å². The van der Waals surface area contributed by atoms with E-state index in [-0.39, 0.29) is 0 Å². The van der Waals surface area contributed by atoms with Gasteiger partial charge >= 0.3 is 0 Å². The molecule has 2 saturated heterocycles. The van der Waals surface area contributed by atoms with Crippen LogP contribution < -0.4 is 10.6 Å². The number of piperazine rings is 1. The molecule has 0 aromatic heterocycles. The molecule has 0 radical (unpaired) electrons. The Labute approximate surface area is 99.4 Å². The predicted octanol–water partition coefficient (Wildman–Crippen LogP) is -0.426. The Balaban J connectivity index is 1.71. The fourth-order valence-corrected chi connectivity index (χ4v) is 2.65. The molecule has 16 heavy (non-hydrogen) atoms. The van der Waals surface area contributed by atoms with E-state index in [4.69, 9.17) is 0 Å². The minimum absolute atomic E-state index is 0.681. The Bertz CT molecular complexity index is 203. The van der Waals surface area contributed by atoms with Gasteiger partial charge in [-0.25, -0.2) is 0 Å². The SMILES string of the molecule is CN1CCN(C)C(CNC2CCCNC2)C1. The number of likely N-dealkylation sites (N-methyl/N-ethyl adjacent to an activating group) is 2. The van der Waals surface area contributed by atoms with Crippen LogP contribution >= 0.6 is 0 Å². The molecule has 0 saturated carbocycles. The van der Waals surface area contributed by atoms with Crippen LogP contribution in [0, 0.1) is 0 Å². The molecule has 2 rings (SSSR count). The summed E-state index contributed by atoms with van der Waals surface area (Å²) in [7, 11) is 4.47. The molecule has 0 aliphatic carbocycles. The molecule has 2 N–H and O–H groups in total. The molecule has 0 aromatic rings. The summed E-state index contributed by atoms with van der Waals surface area (Å²) >= 11 is 0. The zero-order chi connectivity index (χ0) is 11.4. The first-order chi connectivity index (χ1) is 7.75. The minimum atomic E-state index is 0.681. The van der Waals surface area contributed by atoms with E-state index < -0.39 is 0 Å². The second kappa shape index (κ2) is 5.96. The lowest BCUT2D eigenvalue weighted by Crippen LogP contribution is -2.56. The van der Waals surface area contributed by atoms with Crippen LogP contribution in [0.2, 0.25) is 0 Å². The van der Waals surface area contributed by atoms with Gasteiger partial charge in [-0.1, -0.05) is 0 Å². The van der Waals surface area contributed by atoms with Crippen LogP contribution in [0.15, 0.2) is 0 Å². The smallest absolute Gasteiger partial charge is 0.0345 e. The molecule has 4 nitrogen and oxygen atoms in total. The van der Waals surface area contributed by atoms with E-state index in [0.717, 1.165) is 13.1 Å². The van der Waals surface area contributed by atoms with Crippen molar-refractivity contribution >= 4 is 0 Å². The Morgan fingerprint density at radius 1 is 1.31 bits per heavy atom. The van der Waals surface area contributed by atoms with Gasteiger partial charge in [0.2, 0.25) is 0 Å². The predicted molar refractivity (Wildman–Crippen MR) is 67.8 cm³/mol. The molecule has 94 valence electrons. The largest absolute Gasteiger partial charge is 0.315 e. The molecule has 2 atom stereocenters. The van der Waals surface area contributed by atoms with E-state index in [1.54, 1.807) is 0 Å². The standard InChI is InChI=1S/C12H26N4/c1-15-6-7-16(2)12(10-15)9-14-11-4-3-5-13-8-11/h11-14H,3-10H2,1-2H3. The highest BCUT2D eigenvalue weighted by Crippen LogP contribution is 2.06. The average molecular weight is 226 g/mol. The van der Waals surface area contributed by atoms with Crippen molar-refractivity contribution in [3.8, 4) is 0 Å². The highest BCUT2D eigenvalue weighted by Gasteiger charge is 2.23. The third-order valence-electron chi connectivity index (χ3n) is 3.92. The van der Waals surface area contributed by atoms with Crippen molar-refractivity contribution < 1.29 is 0 Å². The van der Waals surface area contributed by atoms with Gasteiger partial charge in [0.1, 0.15) is 0 Å². The third-order valence-corrected chi connectivity index (χ3v) is 3.92. The third kappa shape index (κ3) is 3.42. The van der Waals surface area contributed by atoms with Crippen LogP contribution in [0.5, 0.6) is 0 Å². The van der Waals surface area contributed by atoms with Gasteiger partial charge in [0, 0.05) is 44.8 Å². The lowest BCUT2D eigenvalue weighted by atomic mass is 10.1. The van der Waals surface area contributed by atoms with Crippen molar-refractivity contribution in [2.24, 2.45) is 0 Å². The average Bonchev–Trinajstić information content (AvgIpc) is 2.32. The highest BCUT2D eigenvalue weighted by atomic mass is 15.3. The van der Waals surface area contributed by atoms with E-state index >= 15 is 0 Å². The summed E-state index contributed by atoms with van der Waals surface area (Å²) in [5.74, 6) is 0. The zero-order valence-electron chi connectivity index (χ0n) is 10.7. The number of nitrogens with one attached hydrogen (secondary N) is 2. The second-order valence-corrected chi connectivity index (χ2v) is 5.35. The first-order valence-electron chi connectivity index (χ1n) is 6.58. The van der Waals surface area contributed by atoms with E-state index in [9.17, 15) is 0 Å². The molecule has 0 aromatic carbocycles. The van der Waals surface area contributed by atoms with Gasteiger partial charge < -0.3 is 15.5 Å². The quantitative estimate of drug-likeness (QED) is 0.684. The highest BCUT2D eigenvalue weighted by molar-refractivity contribution is 4.83. The van der Waals surface area contributed by atoms with Crippen LogP contribution in [0.4, 0.5) is 0 Å². The molecule has 2 heterocycles. The summed E-state index contributed by atoms with van der Waals surface area (Å²) in [4.78, 5) is 4.93. The first-order valence-corrected chi connectivity index (χ1v) is 6.58. The summed E-state index contributed by atoms with van der Waals surface area (Å²) in [5, 5.41) is 7.17. The summed E-state index contributed by atoms with van der Waals surface area (Å²) < 4.78 is 0. The minimum Gasteiger partial charge on any atom is -0.315 e. The lowest BCUT2D eigenvalue weighted by molar-refractivity contribution is 0.110. The maximum atomic E-state index is 3.71. The molecular weight excluding hydrogens is 200 g/mol. The van der Waals surface area contributed by atoms with Crippen LogP contribution in [0.3, 0.4) is 0 Å². The van der Waals surface area contributed by atoms with E-state index in [2.05, 4.69) is 34.5 Å². The van der Waals surface area contributed by atoms with Crippen molar-refractivity contribution in [1.82, 2.24) is 20.4 Å². The summed E-state index contributed by atoms with van der Waals surface area (Å²) in [6.07, 6.45) is 2.65. The second-order valence-electron chi connectivity index (χ2n) is 5.35. The number of piperidine rings is 1. The molecule has 0 bridgehead atoms. The summed E-state index contributed by atoms with van der Waals surface area (Å²) in [6.45, 7) is 7.08. The van der Waals surface area contributed by atoms with Crippen molar-refractivity contribution in [3.63, 3.8) is 0 Å². The van der Waals surface area contributed by atoms with Crippen molar-refractivity contribution in [1.29, 1.82) is 0 Å². The van der Waals surface area contributed by atoms with Crippen LogP contribution in [0.25, 0.3) is 0 Å². The molecular formula is C12H26N4. The van der Waals surface area contributed by atoms with Gasteiger partial charge in [-0.3, -0.25) is 4.90 Å². The van der Waals surface area contributed by atoms with Gasteiger partial charge in [-0.2, -0.15) is 0 Å². The van der Waals surface area contributed by atoms with Gasteiger partial charge in [0.25, 0.3) is 0 Å². The lowest BCUT2D eigenvalue weighted by Gasteiger charge is -2.38. The van der Waals surface area contributed by atoms with Crippen LogP contribution in [-0.2, 0) is 0 Å². The first kappa shape index (κ1) is 12.3. The monoisotopic (exact) mass is 226 g/mol. The van der Waals surface area contributed by atoms with Crippen LogP contribution in [-0.4, -0.2) is 75.2 Å². The van der Waals surface area contributed by atoms with Crippen molar-refractivity contribution in [3.05, 3.63) is 0 Å². The van der Waals surface area contributed by atoms with Crippen LogP contribution in [0.1, 0.15) is 12.8 Å². The maximum Gasteiger partial charge on any atom is 0.0345 e. The molecule has 2 aliphatic heterocycles. The molecule has 2 unspecified atom stereocenters. The van der Waals surface area contributed by atoms with Gasteiger partial charge in [0.05, 0.1) is 0 Å². The summed E-state index contributed by atoms with van der Waals surface area (Å²) in [5.41, 5.74) is 0. The summed E-state index contributed by atoms with van der Waals surface area (Å²) in [6, 6.07) is 1.37. The maximum absolute atomic E-state index is 3.71. The number of nitrogens with zero attached hydrogens (tertiary/aromatic N) is 2. The van der Waals surface area contributed by atoms with E-state index in [0.29, 0.717) is 12.1 Å². The Kier molecular flexibility index (Phi) is 4.58. The Morgan fingerprint density at radius 2 is 2.19 bits per heavy atom. The number of hydrogen-bond acceptors (Lipinski definition) is 4. The van der Waals surface area contributed by atoms with E-state index in [1.165, 1.54) is 39.0 Å². The Hall–Kier alpha value is -0.160. The van der Waals surface area contributed by atoms with Crippen molar-refractivity contribution in [2.75, 3.05) is 53.4 Å². The molecule has 4 heteroatoms.